The molecule has 1 aromatic heterocycles. The third kappa shape index (κ3) is 4.71. The van der Waals surface area contributed by atoms with Gasteiger partial charge in [-0.1, -0.05) is 15.9 Å². The van der Waals surface area contributed by atoms with Crippen molar-refractivity contribution in [1.82, 2.24) is 0 Å². The van der Waals surface area contributed by atoms with Gasteiger partial charge >= 0.3 is 17.6 Å². The normalized spacial score (nSPS) is 10.6. The average molecular weight is 476 g/mol. The Kier molecular flexibility index (Phi) is 6.26. The maximum Gasteiger partial charge on any atom is 0.338 e. The van der Waals surface area contributed by atoms with E-state index in [4.69, 9.17) is 13.9 Å². The number of non-ortho nitro benzene ring substituents is 1. The van der Waals surface area contributed by atoms with Crippen LogP contribution in [0, 0.1) is 10.1 Å². The lowest BCUT2D eigenvalue weighted by Crippen LogP contribution is -2.11. The van der Waals surface area contributed by atoms with E-state index in [0.29, 0.717) is 21.0 Å². The van der Waals surface area contributed by atoms with Crippen molar-refractivity contribution in [3.8, 4) is 0 Å². The highest BCUT2D eigenvalue weighted by molar-refractivity contribution is 9.10. The van der Waals surface area contributed by atoms with Crippen molar-refractivity contribution >= 4 is 44.5 Å². The molecule has 1 heterocycles. The van der Waals surface area contributed by atoms with E-state index in [0.717, 1.165) is 18.2 Å². The number of ether oxygens (including phenoxy) is 2. The first-order valence-corrected chi connectivity index (χ1v) is 9.44. The summed E-state index contributed by atoms with van der Waals surface area (Å²) in [6.07, 6.45) is 0. The number of esters is 2. The van der Waals surface area contributed by atoms with E-state index >= 15 is 0 Å². The van der Waals surface area contributed by atoms with Crippen molar-refractivity contribution in [3.63, 3.8) is 0 Å². The van der Waals surface area contributed by atoms with Gasteiger partial charge in [0.2, 0.25) is 0 Å². The SMILES string of the molecule is CCOC(=O)c1cc(C(=O)OCc2cc(=O)oc3cc(Br)ccc23)cc([N+](=O)[O-])c1. The van der Waals surface area contributed by atoms with E-state index in [1.54, 1.807) is 25.1 Å². The molecule has 0 radical (unpaired) electrons. The number of carbonyl (C=O) groups is 2. The molecule has 30 heavy (non-hydrogen) atoms. The summed E-state index contributed by atoms with van der Waals surface area (Å²) in [5, 5.41) is 11.7. The highest BCUT2D eigenvalue weighted by Gasteiger charge is 2.20. The minimum atomic E-state index is -0.900. The van der Waals surface area contributed by atoms with Gasteiger partial charge in [0, 0.05) is 33.6 Å². The molecule has 3 rings (SSSR count). The predicted octanol–water partition coefficient (Wildman–Crippen LogP) is 4.00. The molecule has 0 saturated heterocycles. The van der Waals surface area contributed by atoms with Crippen molar-refractivity contribution in [1.29, 1.82) is 0 Å². The second-order valence-corrected chi connectivity index (χ2v) is 6.97. The van der Waals surface area contributed by atoms with Gasteiger partial charge < -0.3 is 13.9 Å². The minimum Gasteiger partial charge on any atom is -0.462 e. The van der Waals surface area contributed by atoms with E-state index in [2.05, 4.69) is 15.9 Å². The fourth-order valence-corrected chi connectivity index (χ4v) is 3.06. The van der Waals surface area contributed by atoms with Crippen molar-refractivity contribution in [2.45, 2.75) is 13.5 Å². The van der Waals surface area contributed by atoms with Gasteiger partial charge in [0.05, 0.1) is 22.7 Å². The molecule has 0 aliphatic heterocycles. The number of nitro groups is 1. The van der Waals surface area contributed by atoms with Crippen LogP contribution in [0.1, 0.15) is 33.2 Å². The standard InChI is InChI=1S/C20H14BrNO8/c1-2-28-19(24)11-5-12(7-15(6-11)22(26)27)20(25)29-10-13-8-18(23)30-17-9-14(21)3-4-16(13)17/h3-9H,2,10H2,1H3. The Morgan fingerprint density at radius 3 is 2.37 bits per heavy atom. The highest BCUT2D eigenvalue weighted by atomic mass is 79.9. The molecule has 0 bridgehead atoms. The Hall–Kier alpha value is -3.53. The van der Waals surface area contributed by atoms with Gasteiger partial charge in [0.15, 0.2) is 0 Å². The summed E-state index contributed by atoms with van der Waals surface area (Å²) >= 11 is 3.28. The van der Waals surface area contributed by atoms with E-state index in [1.807, 2.05) is 0 Å². The molecule has 10 heteroatoms. The van der Waals surface area contributed by atoms with Crippen molar-refractivity contribution in [3.05, 3.63) is 84.2 Å². The molecule has 0 aliphatic rings. The fraction of sp³-hybridized carbons (Fsp3) is 0.150. The number of rotatable bonds is 6. The van der Waals surface area contributed by atoms with E-state index in [9.17, 15) is 24.5 Å². The molecule has 0 spiro atoms. The lowest BCUT2D eigenvalue weighted by Gasteiger charge is -2.09. The van der Waals surface area contributed by atoms with Gasteiger partial charge in [-0.15, -0.1) is 0 Å². The van der Waals surface area contributed by atoms with Gasteiger partial charge in [0.1, 0.15) is 12.2 Å². The Bertz CT molecular complexity index is 1220. The molecule has 0 N–H and O–H groups in total. The molecule has 2 aromatic carbocycles. The van der Waals surface area contributed by atoms with E-state index < -0.39 is 28.2 Å². The first-order chi connectivity index (χ1) is 14.3. The van der Waals surface area contributed by atoms with Crippen LogP contribution in [-0.2, 0) is 16.1 Å². The summed E-state index contributed by atoms with van der Waals surface area (Å²) in [5.74, 6) is -1.70. The zero-order valence-corrected chi connectivity index (χ0v) is 17.1. The van der Waals surface area contributed by atoms with Crippen LogP contribution < -0.4 is 5.63 Å². The van der Waals surface area contributed by atoms with E-state index in [1.165, 1.54) is 6.07 Å². The number of nitro benzene ring substituents is 1. The molecule has 154 valence electrons. The van der Waals surface area contributed by atoms with Crippen molar-refractivity contribution < 1.29 is 28.4 Å². The van der Waals surface area contributed by atoms with Crippen molar-refractivity contribution in [2.75, 3.05) is 6.61 Å². The van der Waals surface area contributed by atoms with Gasteiger partial charge in [-0.3, -0.25) is 10.1 Å². The average Bonchev–Trinajstić information content (AvgIpc) is 2.71. The van der Waals surface area contributed by atoms with Crippen LogP contribution in [0.5, 0.6) is 0 Å². The quantitative estimate of drug-likeness (QED) is 0.226. The lowest BCUT2D eigenvalue weighted by molar-refractivity contribution is -0.384. The lowest BCUT2D eigenvalue weighted by atomic mass is 10.1. The molecule has 0 atom stereocenters. The molecule has 3 aromatic rings. The molecule has 9 nitrogen and oxygen atoms in total. The summed E-state index contributed by atoms with van der Waals surface area (Å²) in [7, 11) is 0. The second-order valence-electron chi connectivity index (χ2n) is 6.05. The molecule has 0 unspecified atom stereocenters. The smallest absolute Gasteiger partial charge is 0.338 e. The molecule has 0 amide bonds. The summed E-state index contributed by atoms with van der Waals surface area (Å²) < 4.78 is 15.9. The van der Waals surface area contributed by atoms with Gasteiger partial charge in [0.25, 0.3) is 5.69 Å². The second kappa shape index (κ2) is 8.87. The molecule has 0 saturated carbocycles. The number of carbonyl (C=O) groups excluding carboxylic acids is 2. The van der Waals surface area contributed by atoms with Gasteiger partial charge in [-0.05, 0) is 31.2 Å². The van der Waals surface area contributed by atoms with Crippen LogP contribution in [0.3, 0.4) is 0 Å². The number of hydrogen-bond donors (Lipinski definition) is 0. The summed E-state index contributed by atoms with van der Waals surface area (Å²) in [5.41, 5.74) is -0.702. The Labute approximate surface area is 177 Å². The maximum atomic E-state index is 12.5. The van der Waals surface area contributed by atoms with Crippen LogP contribution in [-0.4, -0.2) is 23.5 Å². The Balaban J connectivity index is 1.89. The first-order valence-electron chi connectivity index (χ1n) is 8.64. The van der Waals surface area contributed by atoms with Crippen LogP contribution >= 0.6 is 15.9 Å². The summed E-state index contributed by atoms with van der Waals surface area (Å²) in [4.78, 5) is 46.6. The third-order valence-corrected chi connectivity index (χ3v) is 4.52. The summed E-state index contributed by atoms with van der Waals surface area (Å²) in [6.45, 7) is 1.38. The van der Waals surface area contributed by atoms with Crippen LogP contribution in [0.4, 0.5) is 5.69 Å². The van der Waals surface area contributed by atoms with Crippen LogP contribution in [0.15, 0.2) is 56.1 Å². The fourth-order valence-electron chi connectivity index (χ4n) is 2.72. The zero-order chi connectivity index (χ0) is 21.8. The number of hydrogen-bond acceptors (Lipinski definition) is 8. The van der Waals surface area contributed by atoms with E-state index in [-0.39, 0.29) is 24.3 Å². The monoisotopic (exact) mass is 475 g/mol. The van der Waals surface area contributed by atoms with Gasteiger partial charge in [-0.2, -0.15) is 0 Å². The first kappa shape index (κ1) is 21.2. The largest absolute Gasteiger partial charge is 0.462 e. The molecule has 0 aliphatic carbocycles. The third-order valence-electron chi connectivity index (χ3n) is 4.03. The number of benzene rings is 2. The Morgan fingerprint density at radius 2 is 1.73 bits per heavy atom. The van der Waals surface area contributed by atoms with Crippen LogP contribution in [0.2, 0.25) is 0 Å². The number of fused-ring (bicyclic) bond motifs is 1. The molecular formula is C20H14BrNO8. The zero-order valence-electron chi connectivity index (χ0n) is 15.5. The molecule has 0 fully saturated rings. The maximum absolute atomic E-state index is 12.5. The van der Waals surface area contributed by atoms with Crippen molar-refractivity contribution in [2.24, 2.45) is 0 Å². The number of nitrogens with zero attached hydrogens (tertiary/aromatic N) is 1. The topological polar surface area (TPSA) is 126 Å². The number of halogens is 1. The predicted molar refractivity (Wildman–Crippen MR) is 108 cm³/mol. The molecular weight excluding hydrogens is 462 g/mol. The Morgan fingerprint density at radius 1 is 1.07 bits per heavy atom. The summed E-state index contributed by atoms with van der Waals surface area (Å²) in [6, 6.07) is 9.40. The van der Waals surface area contributed by atoms with Crippen LogP contribution in [0.25, 0.3) is 11.0 Å². The minimum absolute atomic E-state index is 0.0705. The highest BCUT2D eigenvalue weighted by Crippen LogP contribution is 2.23. The van der Waals surface area contributed by atoms with Gasteiger partial charge in [-0.25, -0.2) is 14.4 Å².